The van der Waals surface area contributed by atoms with Crippen LogP contribution in [-0.2, 0) is 22.7 Å². The van der Waals surface area contributed by atoms with Crippen molar-refractivity contribution in [2.45, 2.75) is 89.4 Å². The summed E-state index contributed by atoms with van der Waals surface area (Å²) in [5, 5.41) is 6.07. The van der Waals surface area contributed by atoms with E-state index >= 15 is 0 Å². The summed E-state index contributed by atoms with van der Waals surface area (Å²) in [6.07, 6.45) is 12.5. The lowest BCUT2D eigenvalue weighted by Gasteiger charge is -2.39. The van der Waals surface area contributed by atoms with Crippen LogP contribution in [-0.4, -0.2) is 51.4 Å². The Balaban J connectivity index is 1.19. The van der Waals surface area contributed by atoms with Gasteiger partial charge in [0.2, 0.25) is 17.7 Å². The number of carbonyl (C=O) groups excluding carboxylic acids is 3. The average Bonchev–Trinajstić information content (AvgIpc) is 3.47. The van der Waals surface area contributed by atoms with E-state index in [9.17, 15) is 14.4 Å². The standard InChI is InChI=1S/C28H35N5O4/c34-26-5-2-6-27(35)33(26)32-18-23-22(28(32)36)3-1-4-24(23)31(15-13-19-7-8-19)21-11-9-20(10-12-21)30-17-25-29-14-16-37-25/h1,3-4,14,16,19-21,30H,2,5-13,15,17-18H2. The number of nitrogens with zero attached hydrogens (tertiary/aromatic N) is 4. The SMILES string of the molecule is O=C1c2cccc(N(CCC3CC3)C3CCC(NCc4ncco4)CC3)c2CN1N1C(=O)CCCC1=O. The van der Waals surface area contributed by atoms with Gasteiger partial charge in [-0.2, -0.15) is 5.01 Å². The van der Waals surface area contributed by atoms with E-state index in [4.69, 9.17) is 4.42 Å². The van der Waals surface area contributed by atoms with Crippen LogP contribution in [0.15, 0.2) is 35.1 Å². The van der Waals surface area contributed by atoms with Crippen molar-refractivity contribution in [3.63, 3.8) is 0 Å². The van der Waals surface area contributed by atoms with Gasteiger partial charge in [0.1, 0.15) is 6.26 Å². The molecule has 1 N–H and O–H groups in total. The molecule has 3 heterocycles. The van der Waals surface area contributed by atoms with Crippen LogP contribution in [0.3, 0.4) is 0 Å². The molecule has 1 aromatic heterocycles. The second-order valence-electron chi connectivity index (χ2n) is 10.9. The van der Waals surface area contributed by atoms with Gasteiger partial charge in [0, 0.05) is 48.3 Å². The van der Waals surface area contributed by atoms with E-state index < -0.39 is 0 Å². The third-order valence-electron chi connectivity index (χ3n) is 8.37. The van der Waals surface area contributed by atoms with Gasteiger partial charge in [0.05, 0.1) is 19.3 Å². The summed E-state index contributed by atoms with van der Waals surface area (Å²) in [6, 6.07) is 6.73. The van der Waals surface area contributed by atoms with Crippen LogP contribution in [0.25, 0.3) is 0 Å². The van der Waals surface area contributed by atoms with E-state index in [1.54, 1.807) is 12.5 Å². The molecule has 2 saturated carbocycles. The van der Waals surface area contributed by atoms with Gasteiger partial charge < -0.3 is 14.6 Å². The summed E-state index contributed by atoms with van der Waals surface area (Å²) in [5.41, 5.74) is 2.64. The Morgan fingerprint density at radius 3 is 2.51 bits per heavy atom. The van der Waals surface area contributed by atoms with Crippen LogP contribution in [0.1, 0.15) is 86.0 Å². The monoisotopic (exact) mass is 505 g/mol. The molecule has 9 nitrogen and oxygen atoms in total. The fourth-order valence-corrected chi connectivity index (χ4v) is 6.13. The number of carbonyl (C=O) groups is 3. The van der Waals surface area contributed by atoms with E-state index in [0.29, 0.717) is 49.3 Å². The summed E-state index contributed by atoms with van der Waals surface area (Å²) in [6.45, 7) is 1.89. The number of fused-ring (bicyclic) bond motifs is 1. The van der Waals surface area contributed by atoms with Crippen molar-refractivity contribution in [2.75, 3.05) is 11.4 Å². The third kappa shape index (κ3) is 5.01. The van der Waals surface area contributed by atoms with Crippen LogP contribution >= 0.6 is 0 Å². The zero-order valence-electron chi connectivity index (χ0n) is 21.2. The predicted molar refractivity (Wildman–Crippen MR) is 136 cm³/mol. The van der Waals surface area contributed by atoms with Crippen molar-refractivity contribution in [2.24, 2.45) is 5.92 Å². The Morgan fingerprint density at radius 1 is 1.03 bits per heavy atom. The first kappa shape index (κ1) is 24.2. The second kappa shape index (κ2) is 10.3. The minimum absolute atomic E-state index is 0.248. The van der Waals surface area contributed by atoms with Crippen LogP contribution in [0.4, 0.5) is 5.69 Å². The summed E-state index contributed by atoms with van der Waals surface area (Å²) in [7, 11) is 0. The molecule has 0 spiro atoms. The van der Waals surface area contributed by atoms with Crippen LogP contribution in [0.5, 0.6) is 0 Å². The molecule has 3 amide bonds. The topological polar surface area (TPSA) is 99.0 Å². The molecule has 6 rings (SSSR count). The molecule has 196 valence electrons. The third-order valence-corrected chi connectivity index (χ3v) is 8.37. The highest BCUT2D eigenvalue weighted by molar-refractivity contribution is 6.05. The zero-order chi connectivity index (χ0) is 25.4. The summed E-state index contributed by atoms with van der Waals surface area (Å²) < 4.78 is 5.36. The number of oxazole rings is 1. The zero-order valence-corrected chi connectivity index (χ0v) is 21.2. The van der Waals surface area contributed by atoms with Gasteiger partial charge in [-0.1, -0.05) is 18.9 Å². The molecule has 1 aromatic carbocycles. The van der Waals surface area contributed by atoms with E-state index in [2.05, 4.69) is 21.3 Å². The molecule has 2 aromatic rings. The van der Waals surface area contributed by atoms with Crippen LogP contribution in [0.2, 0.25) is 0 Å². The number of rotatable bonds is 9. The van der Waals surface area contributed by atoms with Gasteiger partial charge in [-0.3, -0.25) is 14.4 Å². The number of hydrogen-bond acceptors (Lipinski definition) is 7. The first-order valence-electron chi connectivity index (χ1n) is 13.8. The smallest absolute Gasteiger partial charge is 0.273 e. The van der Waals surface area contributed by atoms with Gasteiger partial charge in [-0.15, -0.1) is 0 Å². The Labute approximate surface area is 217 Å². The molecule has 4 aliphatic rings. The van der Waals surface area contributed by atoms with Crippen molar-refractivity contribution in [1.29, 1.82) is 0 Å². The summed E-state index contributed by atoms with van der Waals surface area (Å²) in [5.74, 6) is 0.718. The molecule has 2 aliphatic heterocycles. The summed E-state index contributed by atoms with van der Waals surface area (Å²) >= 11 is 0. The fourth-order valence-electron chi connectivity index (χ4n) is 6.13. The minimum atomic E-state index is -0.278. The van der Waals surface area contributed by atoms with E-state index in [0.717, 1.165) is 60.8 Å². The molecule has 0 atom stereocenters. The number of imide groups is 1. The molecule has 0 unspecified atom stereocenters. The number of amides is 3. The minimum Gasteiger partial charge on any atom is -0.448 e. The Morgan fingerprint density at radius 2 is 1.81 bits per heavy atom. The highest BCUT2D eigenvalue weighted by Crippen LogP contribution is 2.39. The molecular formula is C28H35N5O4. The highest BCUT2D eigenvalue weighted by atomic mass is 16.3. The number of piperidine rings is 1. The van der Waals surface area contributed by atoms with E-state index in [1.165, 1.54) is 17.9 Å². The first-order chi connectivity index (χ1) is 18.1. The molecular weight excluding hydrogens is 470 g/mol. The normalized spacial score (nSPS) is 24.1. The highest BCUT2D eigenvalue weighted by Gasteiger charge is 2.41. The molecule has 9 heteroatoms. The van der Waals surface area contributed by atoms with Crippen molar-refractivity contribution in [1.82, 2.24) is 20.3 Å². The van der Waals surface area contributed by atoms with Crippen molar-refractivity contribution >= 4 is 23.4 Å². The second-order valence-corrected chi connectivity index (χ2v) is 10.9. The molecule has 3 fully saturated rings. The number of aromatic nitrogens is 1. The Kier molecular flexibility index (Phi) is 6.71. The van der Waals surface area contributed by atoms with Gasteiger partial charge >= 0.3 is 0 Å². The van der Waals surface area contributed by atoms with Gasteiger partial charge in [0.25, 0.3) is 5.91 Å². The lowest BCUT2D eigenvalue weighted by molar-refractivity contribution is -0.163. The number of hydrazine groups is 1. The molecule has 2 aliphatic carbocycles. The molecule has 1 saturated heterocycles. The van der Waals surface area contributed by atoms with Crippen molar-refractivity contribution in [3.05, 3.63) is 47.7 Å². The van der Waals surface area contributed by atoms with Gasteiger partial charge in [0.15, 0.2) is 0 Å². The quantitative estimate of drug-likeness (QED) is 0.518. The maximum Gasteiger partial charge on any atom is 0.273 e. The van der Waals surface area contributed by atoms with Gasteiger partial charge in [-0.25, -0.2) is 9.99 Å². The Hall–Kier alpha value is -3.20. The largest absolute Gasteiger partial charge is 0.448 e. The van der Waals surface area contributed by atoms with Gasteiger partial charge in [-0.05, 0) is 56.6 Å². The fraction of sp³-hybridized carbons (Fsp3) is 0.571. The maximum atomic E-state index is 13.4. The van der Waals surface area contributed by atoms with Crippen LogP contribution < -0.4 is 10.2 Å². The van der Waals surface area contributed by atoms with Crippen LogP contribution in [0, 0.1) is 5.92 Å². The summed E-state index contributed by atoms with van der Waals surface area (Å²) in [4.78, 5) is 45.3. The molecule has 0 radical (unpaired) electrons. The number of benzene rings is 1. The molecule has 37 heavy (non-hydrogen) atoms. The van der Waals surface area contributed by atoms with E-state index in [1.807, 2.05) is 12.1 Å². The number of hydrogen-bond donors (Lipinski definition) is 1. The number of anilines is 1. The average molecular weight is 506 g/mol. The van der Waals surface area contributed by atoms with Crippen molar-refractivity contribution < 1.29 is 18.8 Å². The van der Waals surface area contributed by atoms with E-state index in [-0.39, 0.29) is 24.3 Å². The Bertz CT molecular complexity index is 1140. The lowest BCUT2D eigenvalue weighted by Crippen LogP contribution is -2.52. The first-order valence-corrected chi connectivity index (χ1v) is 13.8. The predicted octanol–water partition coefficient (Wildman–Crippen LogP) is 3.79. The lowest BCUT2D eigenvalue weighted by atomic mass is 9.89. The molecule has 0 bridgehead atoms. The maximum absolute atomic E-state index is 13.4. The number of nitrogens with one attached hydrogen (secondary N) is 1. The van der Waals surface area contributed by atoms with Crippen molar-refractivity contribution in [3.8, 4) is 0 Å².